The number of hydrogen-bond acceptors (Lipinski definition) is 3. The van der Waals surface area contributed by atoms with Crippen molar-refractivity contribution in [2.24, 2.45) is 0 Å². The summed E-state index contributed by atoms with van der Waals surface area (Å²) in [5.41, 5.74) is 1.14. The maximum atomic E-state index is 4.27. The Bertz CT molecular complexity index is 278. The summed E-state index contributed by atoms with van der Waals surface area (Å²) < 4.78 is 1.15. The zero-order chi connectivity index (χ0) is 10.4. The molecule has 0 amide bonds. The van der Waals surface area contributed by atoms with E-state index in [9.17, 15) is 0 Å². The minimum atomic E-state index is 0.485. The molecule has 1 heterocycles. The van der Waals surface area contributed by atoms with Crippen molar-refractivity contribution in [2.45, 2.75) is 32.7 Å². The van der Waals surface area contributed by atoms with Crippen LogP contribution < -0.4 is 5.32 Å². The molecule has 1 rings (SSSR count). The molecule has 0 aromatic carbocycles. The number of halogens is 1. The first-order valence-electron chi connectivity index (χ1n) is 4.91. The van der Waals surface area contributed by atoms with Gasteiger partial charge in [-0.15, -0.1) is 0 Å². The monoisotopic (exact) mass is 305 g/mol. The summed E-state index contributed by atoms with van der Waals surface area (Å²) in [5.74, 6) is 0. The molecule has 3 nitrogen and oxygen atoms in total. The largest absolute Gasteiger partial charge is 0.314 e. The minimum absolute atomic E-state index is 0.485. The molecule has 1 aromatic rings. The first kappa shape index (κ1) is 11.8. The van der Waals surface area contributed by atoms with Crippen LogP contribution in [-0.2, 0) is 6.42 Å². The van der Waals surface area contributed by atoms with Crippen molar-refractivity contribution in [2.75, 3.05) is 6.54 Å². The molecule has 4 heteroatoms. The van der Waals surface area contributed by atoms with Gasteiger partial charge in [-0.2, -0.15) is 0 Å². The normalized spacial score (nSPS) is 12.8. The molecule has 1 unspecified atom stereocenters. The third-order valence-electron chi connectivity index (χ3n) is 1.99. The lowest BCUT2D eigenvalue weighted by molar-refractivity contribution is 0.537. The molecule has 1 N–H and O–H groups in total. The Kier molecular flexibility index (Phi) is 5.32. The summed E-state index contributed by atoms with van der Waals surface area (Å²) in [5, 5.41) is 3.44. The molecule has 1 atom stereocenters. The van der Waals surface area contributed by atoms with Crippen molar-refractivity contribution in [1.29, 1.82) is 0 Å². The SMILES string of the molecule is CCCNC(C)Cc1ncncc1I. The van der Waals surface area contributed by atoms with Crippen LogP contribution in [0, 0.1) is 3.57 Å². The van der Waals surface area contributed by atoms with Gasteiger partial charge in [0, 0.05) is 18.7 Å². The lowest BCUT2D eigenvalue weighted by atomic mass is 10.2. The summed E-state index contributed by atoms with van der Waals surface area (Å²) >= 11 is 2.28. The van der Waals surface area contributed by atoms with Gasteiger partial charge in [-0.1, -0.05) is 6.92 Å². The average Bonchev–Trinajstić information content (AvgIpc) is 2.18. The van der Waals surface area contributed by atoms with Crippen LogP contribution in [0.4, 0.5) is 0 Å². The molecule has 1 aromatic heterocycles. The Balaban J connectivity index is 2.47. The van der Waals surface area contributed by atoms with Gasteiger partial charge in [0.05, 0.1) is 9.26 Å². The van der Waals surface area contributed by atoms with Gasteiger partial charge in [0.25, 0.3) is 0 Å². The summed E-state index contributed by atoms with van der Waals surface area (Å²) in [6.45, 7) is 5.44. The van der Waals surface area contributed by atoms with E-state index < -0.39 is 0 Å². The second-order valence-electron chi connectivity index (χ2n) is 3.38. The van der Waals surface area contributed by atoms with Gasteiger partial charge < -0.3 is 5.32 Å². The first-order valence-corrected chi connectivity index (χ1v) is 5.99. The van der Waals surface area contributed by atoms with Gasteiger partial charge in [0.15, 0.2) is 0 Å². The van der Waals surface area contributed by atoms with Crippen LogP contribution in [-0.4, -0.2) is 22.6 Å². The quantitative estimate of drug-likeness (QED) is 0.846. The minimum Gasteiger partial charge on any atom is -0.314 e. The van der Waals surface area contributed by atoms with Crippen LogP contribution in [0.3, 0.4) is 0 Å². The fourth-order valence-corrected chi connectivity index (χ4v) is 1.76. The third kappa shape index (κ3) is 3.88. The van der Waals surface area contributed by atoms with E-state index in [1.807, 2.05) is 6.20 Å². The second-order valence-corrected chi connectivity index (χ2v) is 4.54. The van der Waals surface area contributed by atoms with Crippen molar-refractivity contribution in [1.82, 2.24) is 15.3 Å². The van der Waals surface area contributed by atoms with Gasteiger partial charge >= 0.3 is 0 Å². The van der Waals surface area contributed by atoms with E-state index in [2.05, 4.69) is 51.7 Å². The van der Waals surface area contributed by atoms with Gasteiger partial charge in [-0.25, -0.2) is 9.97 Å². The van der Waals surface area contributed by atoms with Gasteiger partial charge in [-0.3, -0.25) is 0 Å². The number of nitrogens with one attached hydrogen (secondary N) is 1. The number of hydrogen-bond donors (Lipinski definition) is 1. The molecule has 0 aliphatic heterocycles. The lowest BCUT2D eigenvalue weighted by Crippen LogP contribution is -2.29. The standard InChI is InChI=1S/C10H16IN3/c1-3-4-13-8(2)5-10-9(11)6-12-7-14-10/h6-8,13H,3-5H2,1-2H3. The summed E-state index contributed by atoms with van der Waals surface area (Å²) in [6.07, 6.45) is 5.62. The fraction of sp³-hybridized carbons (Fsp3) is 0.600. The zero-order valence-corrected chi connectivity index (χ0v) is 10.8. The molecule has 0 spiro atoms. The molecule has 0 aliphatic rings. The molecule has 0 fully saturated rings. The van der Waals surface area contributed by atoms with E-state index in [1.165, 1.54) is 6.42 Å². The van der Waals surface area contributed by atoms with Crippen LogP contribution in [0.25, 0.3) is 0 Å². The van der Waals surface area contributed by atoms with E-state index in [4.69, 9.17) is 0 Å². The molecular formula is C10H16IN3. The Hall–Kier alpha value is -0.230. The third-order valence-corrected chi connectivity index (χ3v) is 2.89. The molecule has 0 saturated carbocycles. The number of rotatable bonds is 5. The molecule has 78 valence electrons. The number of nitrogens with zero attached hydrogens (tertiary/aromatic N) is 2. The van der Waals surface area contributed by atoms with Crippen molar-refractivity contribution >= 4 is 22.6 Å². The Morgan fingerprint density at radius 1 is 1.57 bits per heavy atom. The topological polar surface area (TPSA) is 37.8 Å². The van der Waals surface area contributed by atoms with Crippen molar-refractivity contribution < 1.29 is 0 Å². The average molecular weight is 305 g/mol. The smallest absolute Gasteiger partial charge is 0.115 e. The van der Waals surface area contributed by atoms with Gasteiger partial charge in [-0.05, 0) is 42.5 Å². The van der Waals surface area contributed by atoms with Crippen molar-refractivity contribution in [3.05, 3.63) is 21.8 Å². The van der Waals surface area contributed by atoms with E-state index >= 15 is 0 Å². The van der Waals surface area contributed by atoms with Crippen LogP contribution in [0.5, 0.6) is 0 Å². The zero-order valence-electron chi connectivity index (χ0n) is 8.63. The van der Waals surface area contributed by atoms with E-state index in [0.717, 1.165) is 22.2 Å². The van der Waals surface area contributed by atoms with Crippen LogP contribution in [0.15, 0.2) is 12.5 Å². The lowest BCUT2D eigenvalue weighted by Gasteiger charge is -2.12. The van der Waals surface area contributed by atoms with E-state index in [-0.39, 0.29) is 0 Å². The summed E-state index contributed by atoms with van der Waals surface area (Å²) in [4.78, 5) is 8.24. The second kappa shape index (κ2) is 6.29. The summed E-state index contributed by atoms with van der Waals surface area (Å²) in [6, 6.07) is 0.485. The number of aromatic nitrogens is 2. The highest BCUT2D eigenvalue weighted by molar-refractivity contribution is 14.1. The van der Waals surface area contributed by atoms with Crippen molar-refractivity contribution in [3.8, 4) is 0 Å². The fourth-order valence-electron chi connectivity index (χ4n) is 1.24. The van der Waals surface area contributed by atoms with E-state index in [1.54, 1.807) is 6.33 Å². The van der Waals surface area contributed by atoms with Crippen molar-refractivity contribution in [3.63, 3.8) is 0 Å². The molecule has 14 heavy (non-hydrogen) atoms. The molecule has 0 saturated heterocycles. The maximum absolute atomic E-state index is 4.27. The van der Waals surface area contributed by atoms with Gasteiger partial charge in [0.2, 0.25) is 0 Å². The van der Waals surface area contributed by atoms with Crippen LogP contribution >= 0.6 is 22.6 Å². The first-order chi connectivity index (χ1) is 6.74. The molecule has 0 radical (unpaired) electrons. The predicted octanol–water partition coefficient (Wildman–Crippen LogP) is 2.01. The molecule has 0 bridgehead atoms. The molecule has 0 aliphatic carbocycles. The van der Waals surface area contributed by atoms with E-state index in [0.29, 0.717) is 6.04 Å². The Labute approximate surface area is 98.9 Å². The highest BCUT2D eigenvalue weighted by Gasteiger charge is 2.06. The highest BCUT2D eigenvalue weighted by Crippen LogP contribution is 2.09. The summed E-state index contributed by atoms with van der Waals surface area (Å²) in [7, 11) is 0. The Morgan fingerprint density at radius 2 is 2.36 bits per heavy atom. The van der Waals surface area contributed by atoms with Crippen LogP contribution in [0.2, 0.25) is 0 Å². The van der Waals surface area contributed by atoms with Gasteiger partial charge in [0.1, 0.15) is 6.33 Å². The van der Waals surface area contributed by atoms with Crippen LogP contribution in [0.1, 0.15) is 26.0 Å². The molecular weight excluding hydrogens is 289 g/mol. The Morgan fingerprint density at radius 3 is 3.00 bits per heavy atom. The maximum Gasteiger partial charge on any atom is 0.115 e. The highest BCUT2D eigenvalue weighted by atomic mass is 127. The predicted molar refractivity (Wildman–Crippen MR) is 66.2 cm³/mol.